The summed E-state index contributed by atoms with van der Waals surface area (Å²) in [5, 5.41) is 3.37. The summed E-state index contributed by atoms with van der Waals surface area (Å²) < 4.78 is 11.4. The third-order valence-corrected chi connectivity index (χ3v) is 4.43. The van der Waals surface area contributed by atoms with Crippen LogP contribution in [0.15, 0.2) is 18.2 Å². The molecular formula is C20H32N2O3. The fourth-order valence-electron chi connectivity index (χ4n) is 3.22. The molecule has 0 spiro atoms. The second-order valence-corrected chi connectivity index (χ2v) is 6.42. The van der Waals surface area contributed by atoms with E-state index in [1.54, 1.807) is 0 Å². The smallest absolute Gasteiger partial charge is 0.254 e. The van der Waals surface area contributed by atoms with Gasteiger partial charge in [-0.3, -0.25) is 4.79 Å². The number of ether oxygens (including phenoxy) is 2. The topological polar surface area (TPSA) is 50.8 Å². The van der Waals surface area contributed by atoms with E-state index in [0.717, 1.165) is 45.3 Å². The maximum absolute atomic E-state index is 13.1. The summed E-state index contributed by atoms with van der Waals surface area (Å²) in [6.07, 6.45) is 3.93. The van der Waals surface area contributed by atoms with E-state index in [2.05, 4.69) is 19.2 Å². The second-order valence-electron chi connectivity index (χ2n) is 6.42. The van der Waals surface area contributed by atoms with Crippen LogP contribution in [0.1, 0.15) is 56.8 Å². The fourth-order valence-corrected chi connectivity index (χ4v) is 3.22. The molecule has 0 bridgehead atoms. The number of rotatable bonds is 9. The molecule has 0 unspecified atom stereocenters. The number of piperidine rings is 1. The van der Waals surface area contributed by atoms with E-state index < -0.39 is 0 Å². The maximum atomic E-state index is 13.1. The minimum absolute atomic E-state index is 0.0942. The summed E-state index contributed by atoms with van der Waals surface area (Å²) in [7, 11) is 0. The van der Waals surface area contributed by atoms with Crippen molar-refractivity contribution >= 4 is 5.91 Å². The van der Waals surface area contributed by atoms with E-state index >= 15 is 0 Å². The first-order chi connectivity index (χ1) is 12.2. The molecule has 1 saturated heterocycles. The number of nitrogens with zero attached hydrogens (tertiary/aromatic N) is 1. The highest BCUT2D eigenvalue weighted by molar-refractivity contribution is 5.95. The lowest BCUT2D eigenvalue weighted by Crippen LogP contribution is -2.46. The van der Waals surface area contributed by atoms with Crippen molar-refractivity contribution in [1.29, 1.82) is 0 Å². The Morgan fingerprint density at radius 3 is 2.52 bits per heavy atom. The molecule has 2 rings (SSSR count). The van der Waals surface area contributed by atoms with Gasteiger partial charge in [0.25, 0.3) is 5.91 Å². The Morgan fingerprint density at radius 2 is 1.88 bits per heavy atom. The molecule has 0 atom stereocenters. The number of hydrogen-bond acceptors (Lipinski definition) is 4. The van der Waals surface area contributed by atoms with E-state index in [-0.39, 0.29) is 5.91 Å². The number of benzene rings is 1. The molecule has 1 heterocycles. The van der Waals surface area contributed by atoms with E-state index in [1.165, 1.54) is 0 Å². The fraction of sp³-hybridized carbons (Fsp3) is 0.650. The van der Waals surface area contributed by atoms with Crippen LogP contribution in [0.3, 0.4) is 0 Å². The van der Waals surface area contributed by atoms with Crippen LogP contribution >= 0.6 is 0 Å². The first kappa shape index (κ1) is 19.6. The zero-order valence-corrected chi connectivity index (χ0v) is 15.8. The highest BCUT2D eigenvalue weighted by atomic mass is 16.5. The van der Waals surface area contributed by atoms with Gasteiger partial charge in [0.2, 0.25) is 0 Å². The minimum atomic E-state index is 0.0942. The molecule has 0 aliphatic carbocycles. The van der Waals surface area contributed by atoms with E-state index in [1.807, 2.05) is 30.0 Å². The Bertz CT molecular complexity index is 542. The van der Waals surface area contributed by atoms with E-state index in [4.69, 9.17) is 9.47 Å². The Labute approximate surface area is 151 Å². The van der Waals surface area contributed by atoms with Crippen LogP contribution in [0.25, 0.3) is 0 Å². The molecular weight excluding hydrogens is 316 g/mol. The van der Waals surface area contributed by atoms with Crippen molar-refractivity contribution in [2.45, 2.75) is 52.5 Å². The lowest BCUT2D eigenvalue weighted by atomic mass is 10.0. The van der Waals surface area contributed by atoms with Gasteiger partial charge in [0.15, 0.2) is 11.5 Å². The van der Waals surface area contributed by atoms with Crippen molar-refractivity contribution in [2.75, 3.05) is 32.8 Å². The van der Waals surface area contributed by atoms with Gasteiger partial charge in [0, 0.05) is 18.2 Å². The van der Waals surface area contributed by atoms with Gasteiger partial charge in [0.05, 0.1) is 13.2 Å². The third kappa shape index (κ3) is 5.36. The predicted octanol–water partition coefficient (Wildman–Crippen LogP) is 3.48. The van der Waals surface area contributed by atoms with Crippen molar-refractivity contribution in [3.63, 3.8) is 0 Å². The largest absolute Gasteiger partial charge is 0.490 e. The molecule has 1 fully saturated rings. The second kappa shape index (κ2) is 10.3. The van der Waals surface area contributed by atoms with Crippen molar-refractivity contribution in [1.82, 2.24) is 10.2 Å². The zero-order valence-electron chi connectivity index (χ0n) is 15.8. The average molecular weight is 348 g/mol. The summed E-state index contributed by atoms with van der Waals surface area (Å²) >= 11 is 0. The normalized spacial score (nSPS) is 15.0. The number of amides is 1. The molecule has 1 aromatic carbocycles. The number of carbonyl (C=O) groups is 1. The van der Waals surface area contributed by atoms with Crippen LogP contribution in [0.2, 0.25) is 0 Å². The Kier molecular flexibility index (Phi) is 8.06. The van der Waals surface area contributed by atoms with Gasteiger partial charge in [-0.25, -0.2) is 0 Å². The quantitative estimate of drug-likeness (QED) is 0.742. The van der Waals surface area contributed by atoms with Gasteiger partial charge in [-0.2, -0.15) is 0 Å². The van der Waals surface area contributed by atoms with Gasteiger partial charge in [0.1, 0.15) is 0 Å². The molecule has 5 heteroatoms. The van der Waals surface area contributed by atoms with Crippen LogP contribution < -0.4 is 14.8 Å². The van der Waals surface area contributed by atoms with Gasteiger partial charge >= 0.3 is 0 Å². The molecule has 140 valence electrons. The molecule has 1 aromatic rings. The van der Waals surface area contributed by atoms with Crippen LogP contribution in [0.4, 0.5) is 0 Å². The molecule has 0 radical (unpaired) electrons. The molecule has 0 aromatic heterocycles. The third-order valence-electron chi connectivity index (χ3n) is 4.43. The van der Waals surface area contributed by atoms with Crippen LogP contribution in [-0.2, 0) is 0 Å². The molecule has 25 heavy (non-hydrogen) atoms. The average Bonchev–Trinajstić information content (AvgIpc) is 2.65. The van der Waals surface area contributed by atoms with E-state index in [0.29, 0.717) is 36.3 Å². The van der Waals surface area contributed by atoms with E-state index in [9.17, 15) is 4.79 Å². The van der Waals surface area contributed by atoms with Crippen molar-refractivity contribution in [2.24, 2.45) is 0 Å². The first-order valence-corrected chi connectivity index (χ1v) is 9.62. The summed E-state index contributed by atoms with van der Waals surface area (Å²) in [5.41, 5.74) is 0.680. The monoisotopic (exact) mass is 348 g/mol. The van der Waals surface area contributed by atoms with Gasteiger partial charge < -0.3 is 19.7 Å². The van der Waals surface area contributed by atoms with Crippen molar-refractivity contribution in [3.8, 4) is 11.5 Å². The lowest BCUT2D eigenvalue weighted by molar-refractivity contribution is 0.0642. The van der Waals surface area contributed by atoms with Gasteiger partial charge in [-0.1, -0.05) is 13.8 Å². The maximum Gasteiger partial charge on any atom is 0.254 e. The standard InChI is InChI=1S/C20H32N2O3/c1-4-13-22(17-9-11-21-12-10-17)20(23)16-7-8-18(25-14-5-2)19(15-16)24-6-3/h7-8,15,17,21H,4-6,9-14H2,1-3H3. The van der Waals surface area contributed by atoms with Gasteiger partial charge in [-0.05, 0) is 63.9 Å². The van der Waals surface area contributed by atoms with Crippen molar-refractivity contribution in [3.05, 3.63) is 23.8 Å². The minimum Gasteiger partial charge on any atom is -0.490 e. The molecule has 5 nitrogen and oxygen atoms in total. The summed E-state index contributed by atoms with van der Waals surface area (Å²) in [6, 6.07) is 5.88. The zero-order chi connectivity index (χ0) is 18.1. The molecule has 1 amide bonds. The summed E-state index contributed by atoms with van der Waals surface area (Å²) in [6.45, 7) is 10.1. The number of carbonyl (C=O) groups excluding carboxylic acids is 1. The van der Waals surface area contributed by atoms with Crippen LogP contribution in [0.5, 0.6) is 11.5 Å². The van der Waals surface area contributed by atoms with Crippen molar-refractivity contribution < 1.29 is 14.3 Å². The molecule has 1 aliphatic rings. The number of hydrogen-bond donors (Lipinski definition) is 1. The Morgan fingerprint density at radius 1 is 1.12 bits per heavy atom. The molecule has 1 aliphatic heterocycles. The number of nitrogens with one attached hydrogen (secondary N) is 1. The summed E-state index contributed by atoms with van der Waals surface area (Å²) in [4.78, 5) is 15.2. The highest BCUT2D eigenvalue weighted by Gasteiger charge is 2.26. The Hall–Kier alpha value is -1.75. The predicted molar refractivity (Wildman–Crippen MR) is 101 cm³/mol. The summed E-state index contributed by atoms with van der Waals surface area (Å²) in [5.74, 6) is 1.46. The highest BCUT2D eigenvalue weighted by Crippen LogP contribution is 2.30. The Balaban J connectivity index is 2.21. The van der Waals surface area contributed by atoms with Crippen LogP contribution in [-0.4, -0.2) is 49.7 Å². The lowest BCUT2D eigenvalue weighted by Gasteiger charge is -2.34. The van der Waals surface area contributed by atoms with Gasteiger partial charge in [-0.15, -0.1) is 0 Å². The molecule has 1 N–H and O–H groups in total. The van der Waals surface area contributed by atoms with Crippen LogP contribution in [0, 0.1) is 0 Å². The molecule has 0 saturated carbocycles. The first-order valence-electron chi connectivity index (χ1n) is 9.62. The SMILES string of the molecule is CCCOc1ccc(C(=O)N(CCC)C2CCNCC2)cc1OCC.